The molecule has 1 N–H and O–H groups in total. The highest BCUT2D eigenvalue weighted by Gasteiger charge is 2.30. The lowest BCUT2D eigenvalue weighted by Gasteiger charge is -2.13. The van der Waals surface area contributed by atoms with Gasteiger partial charge in [-0.05, 0) is 42.3 Å². The fourth-order valence-corrected chi connectivity index (χ4v) is 3.95. The second-order valence-corrected chi connectivity index (χ2v) is 7.39. The SMILES string of the molecule is Cc1ccc2c(/C(=C3\C=Nc4ccccc43)c3ccc(C(F)(F)F)cc3)c[nH]c2c1. The molecule has 4 aromatic rings. The average Bonchev–Trinajstić information content (AvgIpc) is 3.33. The Kier molecular flexibility index (Phi) is 4.13. The van der Waals surface area contributed by atoms with E-state index >= 15 is 0 Å². The Bertz CT molecular complexity index is 1320. The lowest BCUT2D eigenvalue weighted by Crippen LogP contribution is -2.04. The van der Waals surface area contributed by atoms with Crippen molar-refractivity contribution < 1.29 is 13.2 Å². The first-order valence-corrected chi connectivity index (χ1v) is 9.55. The summed E-state index contributed by atoms with van der Waals surface area (Å²) in [6, 6.07) is 19.2. The highest BCUT2D eigenvalue weighted by molar-refractivity contribution is 6.27. The molecule has 0 saturated heterocycles. The van der Waals surface area contributed by atoms with Crippen LogP contribution in [0.4, 0.5) is 18.9 Å². The molecule has 5 rings (SSSR count). The molecule has 0 radical (unpaired) electrons. The monoisotopic (exact) mass is 402 g/mol. The van der Waals surface area contributed by atoms with E-state index in [9.17, 15) is 13.2 Å². The number of alkyl halides is 3. The van der Waals surface area contributed by atoms with Gasteiger partial charge in [0.15, 0.2) is 0 Å². The summed E-state index contributed by atoms with van der Waals surface area (Å²) in [5.41, 5.74) is 6.67. The Balaban J connectivity index is 1.78. The molecule has 2 heterocycles. The number of benzene rings is 3. The zero-order valence-corrected chi connectivity index (χ0v) is 16.1. The molecule has 0 unspecified atom stereocenters. The van der Waals surface area contributed by atoms with E-state index in [2.05, 4.69) is 16.0 Å². The van der Waals surface area contributed by atoms with Crippen molar-refractivity contribution in [2.24, 2.45) is 4.99 Å². The number of aliphatic imine (C=N–C) groups is 1. The summed E-state index contributed by atoms with van der Waals surface area (Å²) in [5, 5.41) is 1.01. The van der Waals surface area contributed by atoms with Crippen LogP contribution in [0.1, 0.15) is 27.8 Å². The summed E-state index contributed by atoms with van der Waals surface area (Å²) in [4.78, 5) is 7.82. The number of aromatic amines is 1. The van der Waals surface area contributed by atoms with Crippen molar-refractivity contribution in [1.82, 2.24) is 4.98 Å². The topological polar surface area (TPSA) is 28.1 Å². The molecule has 1 aromatic heterocycles. The van der Waals surface area contributed by atoms with Crippen LogP contribution in [0.15, 0.2) is 77.9 Å². The van der Waals surface area contributed by atoms with Gasteiger partial charge in [0.1, 0.15) is 0 Å². The molecule has 0 atom stereocenters. The van der Waals surface area contributed by atoms with E-state index in [1.165, 1.54) is 12.1 Å². The summed E-state index contributed by atoms with van der Waals surface area (Å²) >= 11 is 0. The molecule has 0 aliphatic carbocycles. The smallest absolute Gasteiger partial charge is 0.361 e. The lowest BCUT2D eigenvalue weighted by molar-refractivity contribution is -0.137. The molecule has 0 fully saturated rings. The van der Waals surface area contributed by atoms with Crippen molar-refractivity contribution in [3.8, 4) is 0 Å². The predicted octanol–water partition coefficient (Wildman–Crippen LogP) is 7.17. The summed E-state index contributed by atoms with van der Waals surface area (Å²) in [6.07, 6.45) is -0.658. The summed E-state index contributed by atoms with van der Waals surface area (Å²) < 4.78 is 39.3. The van der Waals surface area contributed by atoms with Crippen LogP contribution in [0.5, 0.6) is 0 Å². The van der Waals surface area contributed by atoms with Crippen molar-refractivity contribution in [3.05, 3.63) is 101 Å². The number of allylic oxidation sites excluding steroid dienone is 1. The van der Waals surface area contributed by atoms with Crippen molar-refractivity contribution in [1.29, 1.82) is 0 Å². The van der Waals surface area contributed by atoms with E-state index in [1.54, 1.807) is 6.21 Å². The minimum atomic E-state index is -4.37. The minimum absolute atomic E-state index is 0.661. The standard InChI is InChI=1S/C25H17F3N2/c1-15-6-11-19-21(14-30-23(19)12-15)24(16-7-9-17(10-8-16)25(26,27)28)20-13-29-22-5-3-2-4-18(20)22/h2-14,30H,1H3/b24-20+. The van der Waals surface area contributed by atoms with E-state index < -0.39 is 11.7 Å². The molecule has 0 saturated carbocycles. The average molecular weight is 402 g/mol. The van der Waals surface area contributed by atoms with Crippen molar-refractivity contribution in [2.75, 3.05) is 0 Å². The van der Waals surface area contributed by atoms with Gasteiger partial charge in [0, 0.05) is 45.6 Å². The number of fused-ring (bicyclic) bond motifs is 2. The van der Waals surface area contributed by atoms with Crippen LogP contribution in [0.2, 0.25) is 0 Å². The number of nitrogens with zero attached hydrogens (tertiary/aromatic N) is 1. The molecule has 0 bridgehead atoms. The van der Waals surface area contributed by atoms with Gasteiger partial charge in [-0.1, -0.05) is 42.5 Å². The second-order valence-electron chi connectivity index (χ2n) is 7.39. The van der Waals surface area contributed by atoms with Crippen LogP contribution in [-0.4, -0.2) is 11.2 Å². The van der Waals surface area contributed by atoms with Crippen LogP contribution < -0.4 is 0 Å². The normalized spacial score (nSPS) is 14.9. The highest BCUT2D eigenvalue weighted by atomic mass is 19.4. The first kappa shape index (κ1) is 18.4. The molecule has 1 aliphatic heterocycles. The van der Waals surface area contributed by atoms with Crippen LogP contribution >= 0.6 is 0 Å². The molecule has 30 heavy (non-hydrogen) atoms. The Morgan fingerprint density at radius 1 is 0.933 bits per heavy atom. The van der Waals surface area contributed by atoms with Gasteiger partial charge in [-0.2, -0.15) is 13.2 Å². The van der Waals surface area contributed by atoms with Gasteiger partial charge in [0.25, 0.3) is 0 Å². The van der Waals surface area contributed by atoms with E-state index in [-0.39, 0.29) is 0 Å². The molecule has 0 spiro atoms. The number of nitrogens with one attached hydrogen (secondary N) is 1. The summed E-state index contributed by atoms with van der Waals surface area (Å²) in [6.45, 7) is 2.02. The van der Waals surface area contributed by atoms with E-state index in [0.717, 1.165) is 56.6 Å². The van der Waals surface area contributed by atoms with Gasteiger partial charge in [0.2, 0.25) is 0 Å². The molecule has 0 amide bonds. The molecular formula is C25H17F3N2. The van der Waals surface area contributed by atoms with Crippen molar-refractivity contribution in [2.45, 2.75) is 13.1 Å². The maximum absolute atomic E-state index is 13.1. The van der Waals surface area contributed by atoms with Gasteiger partial charge in [-0.3, -0.25) is 4.99 Å². The van der Waals surface area contributed by atoms with Gasteiger partial charge < -0.3 is 4.98 Å². The molecule has 148 valence electrons. The third kappa shape index (κ3) is 3.03. The molecule has 1 aliphatic rings. The fraction of sp³-hybridized carbons (Fsp3) is 0.0800. The molecule has 3 aromatic carbocycles. The Morgan fingerprint density at radius 2 is 1.70 bits per heavy atom. The van der Waals surface area contributed by atoms with Crippen LogP contribution in [0, 0.1) is 6.92 Å². The van der Waals surface area contributed by atoms with Crippen molar-refractivity contribution >= 4 is 34.0 Å². The number of halogens is 3. The van der Waals surface area contributed by atoms with E-state index in [1.807, 2.05) is 49.5 Å². The third-order valence-corrected chi connectivity index (χ3v) is 5.40. The Hall–Kier alpha value is -3.60. The number of aryl methyl sites for hydroxylation is 1. The quantitative estimate of drug-likeness (QED) is 0.368. The first-order valence-electron chi connectivity index (χ1n) is 9.55. The lowest BCUT2D eigenvalue weighted by atomic mass is 9.89. The number of hydrogen-bond acceptors (Lipinski definition) is 1. The van der Waals surface area contributed by atoms with Crippen LogP contribution in [0.3, 0.4) is 0 Å². The molecule has 2 nitrogen and oxygen atoms in total. The number of rotatable bonds is 2. The third-order valence-electron chi connectivity index (χ3n) is 5.40. The molecule has 5 heteroatoms. The maximum atomic E-state index is 13.1. The van der Waals surface area contributed by atoms with Gasteiger partial charge in [0.05, 0.1) is 11.3 Å². The number of hydrogen-bond donors (Lipinski definition) is 1. The summed E-state index contributed by atoms with van der Waals surface area (Å²) in [5.74, 6) is 0. The van der Waals surface area contributed by atoms with E-state index in [0.29, 0.717) is 5.56 Å². The zero-order valence-electron chi connectivity index (χ0n) is 16.1. The highest BCUT2D eigenvalue weighted by Crippen LogP contribution is 2.41. The number of aromatic nitrogens is 1. The van der Waals surface area contributed by atoms with Crippen LogP contribution in [-0.2, 0) is 6.18 Å². The Labute approximate surface area is 171 Å². The predicted molar refractivity (Wildman–Crippen MR) is 115 cm³/mol. The summed E-state index contributed by atoms with van der Waals surface area (Å²) in [7, 11) is 0. The second kappa shape index (κ2) is 6.73. The maximum Gasteiger partial charge on any atom is 0.416 e. The van der Waals surface area contributed by atoms with E-state index in [4.69, 9.17) is 0 Å². The Morgan fingerprint density at radius 3 is 2.47 bits per heavy atom. The van der Waals surface area contributed by atoms with Crippen molar-refractivity contribution in [3.63, 3.8) is 0 Å². The largest absolute Gasteiger partial charge is 0.416 e. The fourth-order valence-electron chi connectivity index (χ4n) is 3.95. The number of para-hydroxylation sites is 1. The van der Waals surface area contributed by atoms with Gasteiger partial charge in [-0.25, -0.2) is 0 Å². The zero-order chi connectivity index (χ0) is 20.9. The number of H-pyrrole nitrogens is 1. The molecular weight excluding hydrogens is 385 g/mol. The van der Waals surface area contributed by atoms with Gasteiger partial charge >= 0.3 is 6.18 Å². The van der Waals surface area contributed by atoms with Gasteiger partial charge in [-0.15, -0.1) is 0 Å². The van der Waals surface area contributed by atoms with Crippen LogP contribution in [0.25, 0.3) is 22.0 Å². The first-order chi connectivity index (χ1) is 14.4. The minimum Gasteiger partial charge on any atom is -0.361 e.